The van der Waals surface area contributed by atoms with Gasteiger partial charge in [0.1, 0.15) is 11.9 Å². The largest absolute Gasteiger partial charge is 0.399 e. The van der Waals surface area contributed by atoms with Crippen molar-refractivity contribution in [1.82, 2.24) is 0 Å². The fraction of sp³-hybridized carbons (Fsp3) is 0. The molecule has 1 amide bonds. The summed E-state index contributed by atoms with van der Waals surface area (Å²) < 4.78 is 14.3. The standard InChI is InChI=1S/C14H9BrFN3O/c15-9-2-1-8(7-17)13(5-9)19-14(20)11-6-10(18)3-4-12(11)16/h1-6H,18H2,(H,19,20). The van der Waals surface area contributed by atoms with Gasteiger partial charge < -0.3 is 11.1 Å². The number of nitrogen functional groups attached to an aromatic ring is 1. The van der Waals surface area contributed by atoms with E-state index in [4.69, 9.17) is 11.0 Å². The molecular formula is C14H9BrFN3O. The second kappa shape index (κ2) is 5.72. The molecule has 0 aliphatic rings. The number of hydrogen-bond acceptors (Lipinski definition) is 3. The summed E-state index contributed by atoms with van der Waals surface area (Å²) in [6, 6.07) is 10.5. The van der Waals surface area contributed by atoms with Crippen molar-refractivity contribution in [3.63, 3.8) is 0 Å². The molecule has 2 aromatic carbocycles. The van der Waals surface area contributed by atoms with Crippen molar-refractivity contribution in [1.29, 1.82) is 5.26 Å². The maximum atomic E-state index is 13.6. The average Bonchev–Trinajstić information content (AvgIpc) is 2.41. The molecule has 0 heterocycles. The lowest BCUT2D eigenvalue weighted by molar-refractivity contribution is 0.102. The molecule has 0 saturated carbocycles. The number of rotatable bonds is 2. The molecule has 0 fully saturated rings. The van der Waals surface area contributed by atoms with Crippen LogP contribution in [0.25, 0.3) is 0 Å². The number of carbonyl (C=O) groups excluding carboxylic acids is 1. The van der Waals surface area contributed by atoms with Crippen LogP contribution in [0.2, 0.25) is 0 Å². The van der Waals surface area contributed by atoms with Gasteiger partial charge in [-0.15, -0.1) is 0 Å². The van der Waals surface area contributed by atoms with Gasteiger partial charge in [-0.2, -0.15) is 5.26 Å². The van der Waals surface area contributed by atoms with Crippen LogP contribution in [0.3, 0.4) is 0 Å². The first-order chi connectivity index (χ1) is 9.51. The first kappa shape index (κ1) is 14.0. The van der Waals surface area contributed by atoms with Crippen LogP contribution in [0.5, 0.6) is 0 Å². The molecule has 4 nitrogen and oxygen atoms in total. The molecule has 0 unspecified atom stereocenters. The van der Waals surface area contributed by atoms with Crippen LogP contribution in [0.1, 0.15) is 15.9 Å². The molecule has 3 N–H and O–H groups in total. The summed E-state index contributed by atoms with van der Waals surface area (Å²) in [7, 11) is 0. The molecule has 0 bridgehead atoms. The van der Waals surface area contributed by atoms with E-state index in [-0.39, 0.29) is 16.8 Å². The van der Waals surface area contributed by atoms with Crippen molar-refractivity contribution in [2.45, 2.75) is 0 Å². The summed E-state index contributed by atoms with van der Waals surface area (Å²) in [6.07, 6.45) is 0. The Morgan fingerprint density at radius 3 is 2.75 bits per heavy atom. The maximum absolute atomic E-state index is 13.6. The summed E-state index contributed by atoms with van der Waals surface area (Å²) in [4.78, 5) is 12.0. The second-order valence-corrected chi connectivity index (χ2v) is 4.91. The first-order valence-electron chi connectivity index (χ1n) is 5.57. The quantitative estimate of drug-likeness (QED) is 0.827. The Labute approximate surface area is 123 Å². The van der Waals surface area contributed by atoms with E-state index in [0.717, 1.165) is 6.07 Å². The number of benzene rings is 2. The first-order valence-corrected chi connectivity index (χ1v) is 6.36. The van der Waals surface area contributed by atoms with Crippen LogP contribution in [0.4, 0.5) is 15.8 Å². The van der Waals surface area contributed by atoms with Crippen LogP contribution >= 0.6 is 15.9 Å². The number of nitriles is 1. The summed E-state index contributed by atoms with van der Waals surface area (Å²) in [5.41, 5.74) is 6.23. The van der Waals surface area contributed by atoms with Gasteiger partial charge in [-0.1, -0.05) is 15.9 Å². The molecule has 0 aliphatic carbocycles. The van der Waals surface area contributed by atoms with Crippen LogP contribution < -0.4 is 11.1 Å². The third kappa shape index (κ3) is 2.95. The van der Waals surface area contributed by atoms with E-state index in [2.05, 4.69) is 21.2 Å². The lowest BCUT2D eigenvalue weighted by Crippen LogP contribution is -2.15. The smallest absolute Gasteiger partial charge is 0.258 e. The second-order valence-electron chi connectivity index (χ2n) is 4.00. The summed E-state index contributed by atoms with van der Waals surface area (Å²) in [5, 5.41) is 11.5. The van der Waals surface area contributed by atoms with Gasteiger partial charge in [-0.25, -0.2) is 4.39 Å². The molecule has 0 radical (unpaired) electrons. The molecule has 2 rings (SSSR count). The van der Waals surface area contributed by atoms with Crippen molar-refractivity contribution in [3.8, 4) is 6.07 Å². The minimum absolute atomic E-state index is 0.172. The molecule has 0 spiro atoms. The van der Waals surface area contributed by atoms with E-state index in [1.807, 2.05) is 6.07 Å². The van der Waals surface area contributed by atoms with E-state index in [1.165, 1.54) is 12.1 Å². The molecule has 0 atom stereocenters. The van der Waals surface area contributed by atoms with Crippen molar-refractivity contribution >= 4 is 33.2 Å². The Morgan fingerprint density at radius 2 is 2.05 bits per heavy atom. The maximum Gasteiger partial charge on any atom is 0.258 e. The number of amides is 1. The van der Waals surface area contributed by atoms with Crippen LogP contribution in [-0.4, -0.2) is 5.91 Å². The molecule has 0 saturated heterocycles. The fourth-order valence-corrected chi connectivity index (χ4v) is 1.99. The summed E-state index contributed by atoms with van der Waals surface area (Å²) in [5.74, 6) is -1.34. The van der Waals surface area contributed by atoms with E-state index >= 15 is 0 Å². The van der Waals surface area contributed by atoms with Crippen LogP contribution in [0, 0.1) is 17.1 Å². The minimum atomic E-state index is -0.676. The number of carbonyl (C=O) groups is 1. The highest BCUT2D eigenvalue weighted by Gasteiger charge is 2.14. The lowest BCUT2D eigenvalue weighted by Gasteiger charge is -2.08. The molecule has 2 aromatic rings. The summed E-state index contributed by atoms with van der Waals surface area (Å²) >= 11 is 3.24. The Kier molecular flexibility index (Phi) is 4.01. The van der Waals surface area contributed by atoms with Gasteiger partial charge in [-0.05, 0) is 36.4 Å². The van der Waals surface area contributed by atoms with Crippen molar-refractivity contribution in [3.05, 3.63) is 57.8 Å². The van der Waals surface area contributed by atoms with Crippen LogP contribution in [-0.2, 0) is 0 Å². The summed E-state index contributed by atoms with van der Waals surface area (Å²) in [6.45, 7) is 0. The van der Waals surface area contributed by atoms with Gasteiger partial charge in [0.15, 0.2) is 0 Å². The van der Waals surface area contributed by atoms with Gasteiger partial charge in [-0.3, -0.25) is 4.79 Å². The fourth-order valence-electron chi connectivity index (χ4n) is 1.62. The van der Waals surface area contributed by atoms with E-state index in [0.29, 0.717) is 10.2 Å². The monoisotopic (exact) mass is 333 g/mol. The van der Waals surface area contributed by atoms with E-state index in [9.17, 15) is 9.18 Å². The SMILES string of the molecule is N#Cc1ccc(Br)cc1NC(=O)c1cc(N)ccc1F. The highest BCUT2D eigenvalue weighted by molar-refractivity contribution is 9.10. The molecule has 100 valence electrons. The Hall–Kier alpha value is -2.39. The molecule has 6 heteroatoms. The normalized spacial score (nSPS) is 9.85. The van der Waals surface area contributed by atoms with Crippen molar-refractivity contribution < 1.29 is 9.18 Å². The Balaban J connectivity index is 2.35. The number of hydrogen-bond donors (Lipinski definition) is 2. The molecule has 0 aliphatic heterocycles. The molecule has 0 aromatic heterocycles. The highest BCUT2D eigenvalue weighted by atomic mass is 79.9. The zero-order chi connectivity index (χ0) is 14.7. The predicted octanol–water partition coefficient (Wildman–Crippen LogP) is 3.29. The Bertz CT molecular complexity index is 725. The van der Waals surface area contributed by atoms with Gasteiger partial charge in [0, 0.05) is 10.2 Å². The average molecular weight is 334 g/mol. The van der Waals surface area contributed by atoms with Crippen LogP contribution in [0.15, 0.2) is 40.9 Å². The highest BCUT2D eigenvalue weighted by Crippen LogP contribution is 2.22. The minimum Gasteiger partial charge on any atom is -0.399 e. The van der Waals surface area contributed by atoms with Gasteiger partial charge in [0.05, 0.1) is 16.8 Å². The number of nitrogens with zero attached hydrogens (tertiary/aromatic N) is 1. The number of anilines is 2. The number of nitrogens with two attached hydrogens (primary N) is 1. The predicted molar refractivity (Wildman–Crippen MR) is 77.6 cm³/mol. The third-order valence-electron chi connectivity index (χ3n) is 2.59. The lowest BCUT2D eigenvalue weighted by atomic mass is 10.1. The number of halogens is 2. The topological polar surface area (TPSA) is 78.9 Å². The Morgan fingerprint density at radius 1 is 1.30 bits per heavy atom. The molecule has 20 heavy (non-hydrogen) atoms. The van der Waals surface area contributed by atoms with E-state index < -0.39 is 11.7 Å². The molecular weight excluding hydrogens is 325 g/mol. The number of nitrogens with one attached hydrogen (secondary N) is 1. The van der Waals surface area contributed by atoms with Gasteiger partial charge in [0.25, 0.3) is 5.91 Å². The van der Waals surface area contributed by atoms with Gasteiger partial charge in [0.2, 0.25) is 0 Å². The van der Waals surface area contributed by atoms with E-state index in [1.54, 1.807) is 18.2 Å². The van der Waals surface area contributed by atoms with Crippen molar-refractivity contribution in [2.24, 2.45) is 0 Å². The zero-order valence-electron chi connectivity index (χ0n) is 10.2. The van der Waals surface area contributed by atoms with Gasteiger partial charge >= 0.3 is 0 Å². The third-order valence-corrected chi connectivity index (χ3v) is 3.08. The zero-order valence-corrected chi connectivity index (χ0v) is 11.7. The van der Waals surface area contributed by atoms with Crippen molar-refractivity contribution in [2.75, 3.05) is 11.1 Å².